The highest BCUT2D eigenvalue weighted by Gasteiger charge is 2.42. The van der Waals surface area contributed by atoms with Gasteiger partial charge in [0.15, 0.2) is 0 Å². The van der Waals surface area contributed by atoms with Crippen molar-refractivity contribution in [2.75, 3.05) is 19.7 Å². The fraction of sp³-hybridized carbons (Fsp3) is 0.407. The Kier molecular flexibility index (Phi) is 10.5. The van der Waals surface area contributed by atoms with Crippen LogP contribution in [0.1, 0.15) is 37.3 Å². The molecule has 3 N–H and O–H groups in total. The maximum absolute atomic E-state index is 13.5. The van der Waals surface area contributed by atoms with Crippen LogP contribution in [0.3, 0.4) is 0 Å². The highest BCUT2D eigenvalue weighted by molar-refractivity contribution is 5.99. The minimum absolute atomic E-state index is 0.0936. The Morgan fingerprint density at radius 3 is 2.28 bits per heavy atom. The molecule has 0 bridgehead atoms. The van der Waals surface area contributed by atoms with E-state index < -0.39 is 46.7 Å². The molecule has 2 aromatic rings. The summed E-state index contributed by atoms with van der Waals surface area (Å²) in [4.78, 5) is 61.5. The number of benzene rings is 2. The fourth-order valence-corrected chi connectivity index (χ4v) is 4.22. The summed E-state index contributed by atoms with van der Waals surface area (Å²) < 4.78 is 10.3. The van der Waals surface area contributed by atoms with Gasteiger partial charge in [-0.25, -0.2) is 4.79 Å². The first kappa shape index (κ1) is 29.2. The number of nitrogens with zero attached hydrogens (tertiary/aromatic N) is 1. The number of piperidine rings is 1. The Morgan fingerprint density at radius 2 is 1.67 bits per heavy atom. The summed E-state index contributed by atoms with van der Waals surface area (Å²) in [7, 11) is 0. The van der Waals surface area contributed by atoms with Crippen LogP contribution in [-0.4, -0.2) is 60.0 Å². The summed E-state index contributed by atoms with van der Waals surface area (Å²) in [6.07, 6.45) is 0.0933. The molecule has 2 aromatic carbocycles. The van der Waals surface area contributed by atoms with E-state index in [9.17, 15) is 29.3 Å². The van der Waals surface area contributed by atoms with Gasteiger partial charge in [-0.3, -0.25) is 24.5 Å². The van der Waals surface area contributed by atoms with E-state index in [1.807, 2.05) is 30.3 Å². The minimum atomic E-state index is -1.33. The molecule has 0 saturated carbocycles. The third kappa shape index (κ3) is 8.60. The zero-order valence-corrected chi connectivity index (χ0v) is 21.6. The average molecular weight is 541 g/mol. The number of carbonyl (C=O) groups excluding carboxylic acids is 4. The van der Waals surface area contributed by atoms with Crippen molar-refractivity contribution in [3.05, 3.63) is 75.8 Å². The molecule has 1 atom stereocenters. The predicted molar refractivity (Wildman–Crippen MR) is 139 cm³/mol. The van der Waals surface area contributed by atoms with E-state index >= 15 is 0 Å². The first-order valence-electron chi connectivity index (χ1n) is 12.6. The summed E-state index contributed by atoms with van der Waals surface area (Å²) in [5, 5.41) is 19.4. The SMILES string of the molecule is CCOC(=O)C(Cc1ccccc1)NC(=O)C1(NC(=O)CC(=O)OCc2ccc([N+](=O)[O-])cc2)CCNCC1. The van der Waals surface area contributed by atoms with Gasteiger partial charge in [0, 0.05) is 18.6 Å². The van der Waals surface area contributed by atoms with Gasteiger partial charge in [-0.2, -0.15) is 0 Å². The summed E-state index contributed by atoms with van der Waals surface area (Å²) in [5.41, 5.74) is -0.0754. The highest BCUT2D eigenvalue weighted by Crippen LogP contribution is 2.20. The summed E-state index contributed by atoms with van der Waals surface area (Å²) >= 11 is 0. The number of rotatable bonds is 12. The molecule has 3 rings (SSSR count). The lowest BCUT2D eigenvalue weighted by Crippen LogP contribution is -2.65. The van der Waals surface area contributed by atoms with E-state index in [4.69, 9.17) is 9.47 Å². The Hall–Kier alpha value is -4.32. The number of ether oxygens (including phenoxy) is 2. The second-order valence-electron chi connectivity index (χ2n) is 9.11. The van der Waals surface area contributed by atoms with Crippen LogP contribution in [0, 0.1) is 10.1 Å². The summed E-state index contributed by atoms with van der Waals surface area (Å²) in [5.74, 6) is -2.63. The Bertz CT molecular complexity index is 1160. The quantitative estimate of drug-likeness (QED) is 0.157. The van der Waals surface area contributed by atoms with Gasteiger partial charge in [0.25, 0.3) is 5.69 Å². The summed E-state index contributed by atoms with van der Waals surface area (Å²) in [6.45, 7) is 2.55. The van der Waals surface area contributed by atoms with Crippen molar-refractivity contribution in [1.29, 1.82) is 0 Å². The van der Waals surface area contributed by atoms with Crippen molar-refractivity contribution >= 4 is 29.4 Å². The number of non-ortho nitro benzene ring substituents is 1. The molecule has 1 aliphatic rings. The minimum Gasteiger partial charge on any atom is -0.464 e. The second kappa shape index (κ2) is 14.0. The van der Waals surface area contributed by atoms with Crippen molar-refractivity contribution in [3.63, 3.8) is 0 Å². The molecule has 1 fully saturated rings. The van der Waals surface area contributed by atoms with Gasteiger partial charge in [-0.1, -0.05) is 30.3 Å². The molecule has 1 aliphatic heterocycles. The molecule has 0 radical (unpaired) electrons. The van der Waals surface area contributed by atoms with E-state index in [-0.39, 0.29) is 38.2 Å². The first-order valence-corrected chi connectivity index (χ1v) is 12.6. The maximum Gasteiger partial charge on any atom is 0.328 e. The smallest absolute Gasteiger partial charge is 0.328 e. The van der Waals surface area contributed by atoms with Crippen LogP contribution >= 0.6 is 0 Å². The second-order valence-corrected chi connectivity index (χ2v) is 9.11. The number of hydrogen-bond acceptors (Lipinski definition) is 9. The first-order chi connectivity index (χ1) is 18.7. The third-order valence-electron chi connectivity index (χ3n) is 6.28. The molecule has 1 unspecified atom stereocenters. The largest absolute Gasteiger partial charge is 0.464 e. The molecule has 0 spiro atoms. The summed E-state index contributed by atoms with van der Waals surface area (Å²) in [6, 6.07) is 13.7. The number of nitro groups is 1. The van der Waals surface area contributed by atoms with E-state index in [0.29, 0.717) is 18.7 Å². The van der Waals surface area contributed by atoms with Gasteiger partial charge in [-0.05, 0) is 56.1 Å². The van der Waals surface area contributed by atoms with Crippen LogP contribution < -0.4 is 16.0 Å². The van der Waals surface area contributed by atoms with Crippen LogP contribution in [0.2, 0.25) is 0 Å². The molecule has 12 nitrogen and oxygen atoms in total. The lowest BCUT2D eigenvalue weighted by Gasteiger charge is -2.37. The molecule has 208 valence electrons. The molecule has 1 heterocycles. The lowest BCUT2D eigenvalue weighted by atomic mass is 9.86. The van der Waals surface area contributed by atoms with Crippen molar-refractivity contribution in [2.24, 2.45) is 0 Å². The van der Waals surface area contributed by atoms with Crippen LogP contribution in [0.15, 0.2) is 54.6 Å². The van der Waals surface area contributed by atoms with Gasteiger partial charge in [-0.15, -0.1) is 0 Å². The van der Waals surface area contributed by atoms with Gasteiger partial charge >= 0.3 is 11.9 Å². The van der Waals surface area contributed by atoms with Crippen LogP contribution in [-0.2, 0) is 41.7 Å². The number of hydrogen-bond donors (Lipinski definition) is 3. The van der Waals surface area contributed by atoms with Gasteiger partial charge < -0.3 is 25.4 Å². The normalized spacial score (nSPS) is 14.9. The number of esters is 2. The molecule has 0 aromatic heterocycles. The fourth-order valence-electron chi connectivity index (χ4n) is 4.22. The van der Waals surface area contributed by atoms with Gasteiger partial charge in [0.2, 0.25) is 11.8 Å². The molecule has 12 heteroatoms. The molecule has 0 aliphatic carbocycles. The van der Waals surface area contributed by atoms with Crippen molar-refractivity contribution in [1.82, 2.24) is 16.0 Å². The number of nitrogens with one attached hydrogen (secondary N) is 3. The zero-order valence-electron chi connectivity index (χ0n) is 21.6. The van der Waals surface area contributed by atoms with Crippen LogP contribution in [0.5, 0.6) is 0 Å². The van der Waals surface area contributed by atoms with Crippen molar-refractivity contribution in [3.8, 4) is 0 Å². The molecule has 1 saturated heterocycles. The molecule has 39 heavy (non-hydrogen) atoms. The van der Waals surface area contributed by atoms with Gasteiger partial charge in [0.05, 0.1) is 11.5 Å². The lowest BCUT2D eigenvalue weighted by molar-refractivity contribution is -0.384. The third-order valence-corrected chi connectivity index (χ3v) is 6.28. The van der Waals surface area contributed by atoms with Crippen molar-refractivity contribution < 1.29 is 33.6 Å². The van der Waals surface area contributed by atoms with Gasteiger partial charge in [0.1, 0.15) is 24.6 Å². The van der Waals surface area contributed by atoms with E-state index in [0.717, 1.165) is 5.56 Å². The molecular formula is C27H32N4O8. The standard InChI is InChI=1S/C27H32N4O8/c1-2-38-25(34)22(16-19-6-4-3-5-7-19)29-26(35)27(12-14-28-15-13-27)30-23(32)17-24(33)39-18-20-8-10-21(11-9-20)31(36)37/h3-11,22,28H,2,12-18H2,1H3,(H,29,35)(H,30,32). The average Bonchev–Trinajstić information content (AvgIpc) is 2.92. The Morgan fingerprint density at radius 1 is 1.00 bits per heavy atom. The zero-order chi connectivity index (χ0) is 28.3. The number of carbonyl (C=O) groups is 4. The number of nitro benzene ring substituents is 1. The van der Waals surface area contributed by atoms with E-state index in [1.165, 1.54) is 24.3 Å². The monoisotopic (exact) mass is 540 g/mol. The maximum atomic E-state index is 13.5. The van der Waals surface area contributed by atoms with E-state index in [2.05, 4.69) is 16.0 Å². The highest BCUT2D eigenvalue weighted by atomic mass is 16.6. The van der Waals surface area contributed by atoms with Crippen LogP contribution in [0.4, 0.5) is 5.69 Å². The molecular weight excluding hydrogens is 508 g/mol. The Balaban J connectivity index is 1.63. The number of amides is 2. The Labute approximate surface area is 225 Å². The topological polar surface area (TPSA) is 166 Å². The van der Waals surface area contributed by atoms with Crippen LogP contribution in [0.25, 0.3) is 0 Å². The molecule has 2 amide bonds. The predicted octanol–water partition coefficient (Wildman–Crippen LogP) is 1.56. The van der Waals surface area contributed by atoms with E-state index in [1.54, 1.807) is 6.92 Å². The van der Waals surface area contributed by atoms with Crippen molar-refractivity contribution in [2.45, 2.75) is 50.8 Å².